The first-order valence-corrected chi connectivity index (χ1v) is 5.66. The molecule has 1 nitrogen and oxygen atoms in total. The second-order valence-corrected chi connectivity index (χ2v) is 5.07. The molecular weight excluding hydrogens is 194 g/mol. The van der Waals surface area contributed by atoms with E-state index in [9.17, 15) is 0 Å². The van der Waals surface area contributed by atoms with E-state index in [0.29, 0.717) is 5.41 Å². The molecular formula is C12H14ClN. The van der Waals surface area contributed by atoms with Crippen molar-refractivity contribution in [1.82, 2.24) is 0 Å². The summed E-state index contributed by atoms with van der Waals surface area (Å²) in [6.07, 6.45) is 4.28. The highest BCUT2D eigenvalue weighted by Gasteiger charge is 2.47. The zero-order valence-corrected chi connectivity index (χ0v) is 8.93. The highest BCUT2D eigenvalue weighted by atomic mass is 35.5. The van der Waals surface area contributed by atoms with E-state index in [4.69, 9.17) is 11.6 Å². The van der Waals surface area contributed by atoms with Crippen LogP contribution in [-0.4, -0.2) is 13.1 Å². The van der Waals surface area contributed by atoms with Crippen LogP contribution < -0.4 is 4.90 Å². The van der Waals surface area contributed by atoms with Crippen molar-refractivity contribution in [1.29, 1.82) is 0 Å². The van der Waals surface area contributed by atoms with Crippen molar-refractivity contribution in [2.75, 3.05) is 18.0 Å². The fraction of sp³-hybridized carbons (Fsp3) is 0.500. The summed E-state index contributed by atoms with van der Waals surface area (Å²) in [4.78, 5) is 2.40. The lowest BCUT2D eigenvalue weighted by Crippen LogP contribution is -2.59. The van der Waals surface area contributed by atoms with Crippen LogP contribution in [0.25, 0.3) is 0 Å². The largest absolute Gasteiger partial charge is 0.369 e. The van der Waals surface area contributed by atoms with Crippen molar-refractivity contribution < 1.29 is 0 Å². The Balaban J connectivity index is 1.76. The summed E-state index contributed by atoms with van der Waals surface area (Å²) in [6, 6.07) is 8.15. The zero-order chi connectivity index (χ0) is 9.60. The van der Waals surface area contributed by atoms with Gasteiger partial charge >= 0.3 is 0 Å². The summed E-state index contributed by atoms with van der Waals surface area (Å²) in [5.41, 5.74) is 1.89. The van der Waals surface area contributed by atoms with Crippen LogP contribution in [0.5, 0.6) is 0 Å². The molecule has 0 bridgehead atoms. The molecule has 2 heteroatoms. The Morgan fingerprint density at radius 1 is 1.14 bits per heavy atom. The molecule has 0 aromatic heterocycles. The molecule has 1 aromatic carbocycles. The molecule has 2 aliphatic rings. The molecule has 1 aromatic rings. The predicted molar refractivity (Wildman–Crippen MR) is 59.9 cm³/mol. The maximum Gasteiger partial charge on any atom is 0.0639 e. The third-order valence-corrected chi connectivity index (χ3v) is 3.98. The molecule has 1 heterocycles. The fourth-order valence-electron chi connectivity index (χ4n) is 2.63. The van der Waals surface area contributed by atoms with Gasteiger partial charge in [-0.05, 0) is 25.0 Å². The molecule has 0 atom stereocenters. The minimum atomic E-state index is 0.680. The number of nitrogens with zero attached hydrogens (tertiary/aromatic N) is 1. The van der Waals surface area contributed by atoms with Crippen LogP contribution in [0.2, 0.25) is 5.02 Å². The average Bonchev–Trinajstić information content (AvgIpc) is 2.03. The minimum Gasteiger partial charge on any atom is -0.369 e. The van der Waals surface area contributed by atoms with Gasteiger partial charge in [0.2, 0.25) is 0 Å². The molecule has 0 amide bonds. The predicted octanol–water partition coefficient (Wildman–Crippen LogP) is 3.33. The van der Waals surface area contributed by atoms with E-state index in [1.54, 1.807) is 0 Å². The zero-order valence-electron chi connectivity index (χ0n) is 8.17. The van der Waals surface area contributed by atoms with Crippen LogP contribution >= 0.6 is 11.6 Å². The van der Waals surface area contributed by atoms with Crippen LogP contribution in [0, 0.1) is 5.41 Å². The summed E-state index contributed by atoms with van der Waals surface area (Å²) >= 11 is 6.14. The topological polar surface area (TPSA) is 3.24 Å². The van der Waals surface area contributed by atoms with Crippen LogP contribution in [0.3, 0.4) is 0 Å². The van der Waals surface area contributed by atoms with Crippen molar-refractivity contribution in [2.24, 2.45) is 5.41 Å². The first-order chi connectivity index (χ1) is 6.79. The molecule has 0 radical (unpaired) electrons. The Labute approximate surface area is 89.7 Å². The summed E-state index contributed by atoms with van der Waals surface area (Å²) in [7, 11) is 0. The summed E-state index contributed by atoms with van der Waals surface area (Å²) in [5, 5.41) is 0.890. The maximum atomic E-state index is 6.14. The van der Waals surface area contributed by atoms with Gasteiger partial charge in [-0.3, -0.25) is 0 Å². The second kappa shape index (κ2) is 2.90. The Bertz CT molecular complexity index is 349. The van der Waals surface area contributed by atoms with E-state index in [0.717, 1.165) is 5.02 Å². The molecule has 74 valence electrons. The van der Waals surface area contributed by atoms with Crippen molar-refractivity contribution in [3.05, 3.63) is 29.3 Å². The third kappa shape index (κ3) is 1.15. The number of benzene rings is 1. The Morgan fingerprint density at radius 3 is 2.43 bits per heavy atom. The first-order valence-electron chi connectivity index (χ1n) is 5.29. The Hall–Kier alpha value is -0.690. The van der Waals surface area contributed by atoms with Crippen molar-refractivity contribution in [2.45, 2.75) is 19.3 Å². The molecule has 1 saturated heterocycles. The smallest absolute Gasteiger partial charge is 0.0639 e. The molecule has 2 fully saturated rings. The van der Waals surface area contributed by atoms with Gasteiger partial charge < -0.3 is 4.90 Å². The second-order valence-electron chi connectivity index (χ2n) is 4.66. The van der Waals surface area contributed by atoms with Gasteiger partial charge in [0.05, 0.1) is 10.7 Å². The number of rotatable bonds is 1. The first kappa shape index (κ1) is 8.60. The van der Waals surface area contributed by atoms with Crippen LogP contribution in [0.4, 0.5) is 5.69 Å². The van der Waals surface area contributed by atoms with E-state index >= 15 is 0 Å². The van der Waals surface area contributed by atoms with Crippen molar-refractivity contribution >= 4 is 17.3 Å². The van der Waals surface area contributed by atoms with E-state index < -0.39 is 0 Å². The van der Waals surface area contributed by atoms with Gasteiger partial charge in [0, 0.05) is 18.5 Å². The number of para-hydroxylation sites is 1. The SMILES string of the molecule is Clc1ccccc1N1CC2(CCC2)C1. The summed E-state index contributed by atoms with van der Waals surface area (Å²) in [6.45, 7) is 2.44. The normalized spacial score (nSPS) is 23.1. The summed E-state index contributed by atoms with van der Waals surface area (Å²) < 4.78 is 0. The van der Waals surface area contributed by atoms with Gasteiger partial charge in [0.25, 0.3) is 0 Å². The van der Waals surface area contributed by atoms with Gasteiger partial charge in [-0.2, -0.15) is 0 Å². The third-order valence-electron chi connectivity index (χ3n) is 3.66. The Morgan fingerprint density at radius 2 is 1.86 bits per heavy atom. The number of anilines is 1. The maximum absolute atomic E-state index is 6.14. The lowest BCUT2D eigenvalue weighted by atomic mass is 9.63. The molecule has 1 aliphatic heterocycles. The van der Waals surface area contributed by atoms with Crippen LogP contribution in [0.1, 0.15) is 19.3 Å². The number of hydrogen-bond donors (Lipinski definition) is 0. The number of halogens is 1. The average molecular weight is 208 g/mol. The van der Waals surface area contributed by atoms with E-state index in [1.165, 1.54) is 38.0 Å². The standard InChI is InChI=1S/C12H14ClN/c13-10-4-1-2-5-11(10)14-8-12(9-14)6-3-7-12/h1-2,4-5H,3,6-9H2. The minimum absolute atomic E-state index is 0.680. The van der Waals surface area contributed by atoms with Crippen molar-refractivity contribution in [3.8, 4) is 0 Å². The highest BCUT2D eigenvalue weighted by molar-refractivity contribution is 6.33. The van der Waals surface area contributed by atoms with Gasteiger partial charge in [0.15, 0.2) is 0 Å². The Kier molecular flexibility index (Phi) is 1.78. The van der Waals surface area contributed by atoms with Crippen LogP contribution in [-0.2, 0) is 0 Å². The van der Waals surface area contributed by atoms with Crippen molar-refractivity contribution in [3.63, 3.8) is 0 Å². The lowest BCUT2D eigenvalue weighted by Gasteiger charge is -2.57. The van der Waals surface area contributed by atoms with Gasteiger partial charge in [-0.1, -0.05) is 30.2 Å². The van der Waals surface area contributed by atoms with Gasteiger partial charge in [0.1, 0.15) is 0 Å². The lowest BCUT2D eigenvalue weighted by molar-refractivity contribution is 0.0904. The van der Waals surface area contributed by atoms with E-state index in [2.05, 4.69) is 17.0 Å². The van der Waals surface area contributed by atoms with E-state index in [-0.39, 0.29) is 0 Å². The van der Waals surface area contributed by atoms with Gasteiger partial charge in [-0.15, -0.1) is 0 Å². The highest BCUT2D eigenvalue weighted by Crippen LogP contribution is 2.50. The summed E-state index contributed by atoms with van der Waals surface area (Å²) in [5.74, 6) is 0. The van der Waals surface area contributed by atoms with Gasteiger partial charge in [-0.25, -0.2) is 0 Å². The fourth-order valence-corrected chi connectivity index (χ4v) is 2.89. The van der Waals surface area contributed by atoms with E-state index in [1.807, 2.05) is 12.1 Å². The molecule has 0 unspecified atom stereocenters. The molecule has 1 saturated carbocycles. The monoisotopic (exact) mass is 207 g/mol. The molecule has 1 aliphatic carbocycles. The molecule has 0 N–H and O–H groups in total. The quantitative estimate of drug-likeness (QED) is 0.683. The molecule has 1 spiro atoms. The molecule has 3 rings (SSSR count). The van der Waals surface area contributed by atoms with Crippen LogP contribution in [0.15, 0.2) is 24.3 Å². The number of hydrogen-bond acceptors (Lipinski definition) is 1. The molecule has 14 heavy (non-hydrogen) atoms.